The van der Waals surface area contributed by atoms with Crippen LogP contribution >= 0.6 is 0 Å². The number of ether oxygens (including phenoxy) is 1. The van der Waals surface area contributed by atoms with Gasteiger partial charge in [0.1, 0.15) is 5.75 Å². The highest BCUT2D eigenvalue weighted by Gasteiger charge is 2.02. The molecule has 110 valence electrons. The van der Waals surface area contributed by atoms with Gasteiger partial charge in [-0.05, 0) is 31.9 Å². The molecule has 4 nitrogen and oxygen atoms in total. The van der Waals surface area contributed by atoms with Crippen molar-refractivity contribution in [2.45, 2.75) is 32.8 Å². The summed E-state index contributed by atoms with van der Waals surface area (Å²) in [5, 5.41) is 12.1. The first-order valence-electron chi connectivity index (χ1n) is 7.03. The first kappa shape index (κ1) is 16.2. The van der Waals surface area contributed by atoms with Crippen LogP contribution in [0.4, 0.5) is 0 Å². The molecule has 0 saturated carbocycles. The van der Waals surface area contributed by atoms with Gasteiger partial charge in [-0.25, -0.2) is 0 Å². The maximum absolute atomic E-state index is 11.6. The molecule has 0 heterocycles. The molecular weight excluding hydrogens is 254 g/mol. The quantitative estimate of drug-likeness (QED) is 0.717. The zero-order valence-corrected chi connectivity index (χ0v) is 12.1. The Hall–Kier alpha value is -1.81. The summed E-state index contributed by atoms with van der Waals surface area (Å²) in [5.74, 6) is 0.597. The van der Waals surface area contributed by atoms with Crippen molar-refractivity contribution in [3.05, 3.63) is 35.9 Å². The Bertz CT molecular complexity index is 443. The number of nitrogens with one attached hydrogen (secondary N) is 1. The molecule has 0 spiro atoms. The molecule has 1 unspecified atom stereocenters. The van der Waals surface area contributed by atoms with E-state index in [4.69, 9.17) is 4.74 Å². The molecule has 0 aliphatic heterocycles. The molecule has 0 saturated heterocycles. The molecule has 0 radical (unpaired) electrons. The van der Waals surface area contributed by atoms with Gasteiger partial charge >= 0.3 is 0 Å². The summed E-state index contributed by atoms with van der Waals surface area (Å²) in [6.45, 7) is 4.90. The van der Waals surface area contributed by atoms with E-state index in [1.165, 1.54) is 6.08 Å². The normalized spacial score (nSPS) is 12.3. The van der Waals surface area contributed by atoms with Crippen molar-refractivity contribution in [2.75, 3.05) is 13.2 Å². The maximum Gasteiger partial charge on any atom is 0.244 e. The molecule has 1 amide bonds. The SMILES string of the molecule is CCOc1ccccc1/C=C/C(=O)NCCC(O)CC. The Kier molecular flexibility index (Phi) is 7.43. The third-order valence-electron chi connectivity index (χ3n) is 2.88. The number of para-hydroxylation sites is 1. The van der Waals surface area contributed by atoms with Crippen LogP contribution in [0.5, 0.6) is 5.75 Å². The number of hydrogen-bond acceptors (Lipinski definition) is 3. The minimum atomic E-state index is -0.349. The summed E-state index contributed by atoms with van der Waals surface area (Å²) in [6, 6.07) is 7.57. The van der Waals surface area contributed by atoms with E-state index >= 15 is 0 Å². The lowest BCUT2D eigenvalue weighted by Gasteiger charge is -2.08. The van der Waals surface area contributed by atoms with Crippen LogP contribution < -0.4 is 10.1 Å². The molecule has 20 heavy (non-hydrogen) atoms. The standard InChI is InChI=1S/C16H23NO3/c1-3-14(18)11-12-17-16(19)10-9-13-7-5-6-8-15(13)20-4-2/h5-10,14,18H,3-4,11-12H2,1-2H3,(H,17,19)/b10-9+. The third kappa shape index (κ3) is 5.89. The van der Waals surface area contributed by atoms with Crippen LogP contribution in [-0.4, -0.2) is 30.3 Å². The van der Waals surface area contributed by atoms with E-state index in [0.29, 0.717) is 26.0 Å². The molecule has 1 rings (SSSR count). The number of rotatable bonds is 8. The second-order valence-electron chi connectivity index (χ2n) is 4.45. The van der Waals surface area contributed by atoms with E-state index < -0.39 is 0 Å². The number of aliphatic hydroxyl groups is 1. The zero-order chi connectivity index (χ0) is 14.8. The summed E-state index contributed by atoms with van der Waals surface area (Å²) >= 11 is 0. The smallest absolute Gasteiger partial charge is 0.244 e. The number of carbonyl (C=O) groups is 1. The zero-order valence-electron chi connectivity index (χ0n) is 12.1. The third-order valence-corrected chi connectivity index (χ3v) is 2.88. The minimum absolute atomic E-state index is 0.167. The molecule has 0 aliphatic carbocycles. The Morgan fingerprint density at radius 2 is 2.15 bits per heavy atom. The molecule has 1 atom stereocenters. The van der Waals surface area contributed by atoms with Crippen LogP contribution in [0.25, 0.3) is 6.08 Å². The van der Waals surface area contributed by atoms with Crippen LogP contribution in [0.2, 0.25) is 0 Å². The van der Waals surface area contributed by atoms with Gasteiger partial charge in [-0.3, -0.25) is 4.79 Å². The number of carbonyl (C=O) groups excluding carboxylic acids is 1. The van der Waals surface area contributed by atoms with E-state index in [9.17, 15) is 9.90 Å². The lowest BCUT2D eigenvalue weighted by Crippen LogP contribution is -2.25. The molecule has 4 heteroatoms. The van der Waals surface area contributed by atoms with Gasteiger partial charge in [0.05, 0.1) is 12.7 Å². The Morgan fingerprint density at radius 1 is 1.40 bits per heavy atom. The van der Waals surface area contributed by atoms with Crippen molar-refractivity contribution in [3.63, 3.8) is 0 Å². The molecule has 0 fully saturated rings. The average Bonchev–Trinajstić information content (AvgIpc) is 2.46. The van der Waals surface area contributed by atoms with Crippen LogP contribution in [0.1, 0.15) is 32.3 Å². The van der Waals surface area contributed by atoms with E-state index in [1.807, 2.05) is 38.1 Å². The van der Waals surface area contributed by atoms with Crippen LogP contribution in [0, 0.1) is 0 Å². The van der Waals surface area contributed by atoms with Crippen molar-refractivity contribution in [1.29, 1.82) is 0 Å². The predicted octanol–water partition coefficient (Wildman–Crippen LogP) is 2.38. The van der Waals surface area contributed by atoms with Crippen LogP contribution in [0.15, 0.2) is 30.3 Å². The Balaban J connectivity index is 2.48. The fraction of sp³-hybridized carbons (Fsp3) is 0.438. The summed E-state index contributed by atoms with van der Waals surface area (Å²) in [7, 11) is 0. The fourth-order valence-electron chi connectivity index (χ4n) is 1.70. The Morgan fingerprint density at radius 3 is 2.85 bits per heavy atom. The lowest BCUT2D eigenvalue weighted by atomic mass is 10.2. The van der Waals surface area contributed by atoms with E-state index in [0.717, 1.165) is 11.3 Å². The molecule has 0 bridgehead atoms. The molecule has 2 N–H and O–H groups in total. The largest absolute Gasteiger partial charge is 0.493 e. The molecule has 1 aromatic rings. The maximum atomic E-state index is 11.6. The van der Waals surface area contributed by atoms with E-state index in [-0.39, 0.29) is 12.0 Å². The number of hydrogen-bond donors (Lipinski definition) is 2. The van der Waals surface area contributed by atoms with Crippen LogP contribution in [-0.2, 0) is 4.79 Å². The van der Waals surface area contributed by atoms with Gasteiger partial charge in [0.15, 0.2) is 0 Å². The molecule has 1 aromatic carbocycles. The van der Waals surface area contributed by atoms with Crippen molar-refractivity contribution in [1.82, 2.24) is 5.32 Å². The number of benzene rings is 1. The summed E-state index contributed by atoms with van der Waals surface area (Å²) < 4.78 is 5.48. The highest BCUT2D eigenvalue weighted by molar-refractivity contribution is 5.92. The molecule has 0 aromatic heterocycles. The van der Waals surface area contributed by atoms with Crippen molar-refractivity contribution >= 4 is 12.0 Å². The molecule has 0 aliphatic rings. The van der Waals surface area contributed by atoms with Gasteiger partial charge in [-0.1, -0.05) is 25.1 Å². The summed E-state index contributed by atoms with van der Waals surface area (Å²) in [6.07, 6.45) is 4.14. The monoisotopic (exact) mass is 277 g/mol. The van der Waals surface area contributed by atoms with Gasteiger partial charge in [0, 0.05) is 18.2 Å². The van der Waals surface area contributed by atoms with Gasteiger partial charge < -0.3 is 15.2 Å². The first-order chi connectivity index (χ1) is 9.67. The lowest BCUT2D eigenvalue weighted by molar-refractivity contribution is -0.116. The van der Waals surface area contributed by atoms with Crippen molar-refractivity contribution in [3.8, 4) is 5.75 Å². The summed E-state index contributed by atoms with van der Waals surface area (Å²) in [4.78, 5) is 11.6. The second-order valence-corrected chi connectivity index (χ2v) is 4.45. The average molecular weight is 277 g/mol. The highest BCUT2D eigenvalue weighted by Crippen LogP contribution is 2.19. The minimum Gasteiger partial charge on any atom is -0.493 e. The summed E-state index contributed by atoms with van der Waals surface area (Å²) in [5.41, 5.74) is 0.873. The van der Waals surface area contributed by atoms with E-state index in [1.54, 1.807) is 6.08 Å². The van der Waals surface area contributed by atoms with Gasteiger partial charge in [-0.2, -0.15) is 0 Å². The van der Waals surface area contributed by atoms with Crippen molar-refractivity contribution in [2.24, 2.45) is 0 Å². The highest BCUT2D eigenvalue weighted by atomic mass is 16.5. The first-order valence-corrected chi connectivity index (χ1v) is 7.03. The van der Waals surface area contributed by atoms with Gasteiger partial charge in [0.25, 0.3) is 0 Å². The van der Waals surface area contributed by atoms with Crippen LogP contribution in [0.3, 0.4) is 0 Å². The van der Waals surface area contributed by atoms with E-state index in [2.05, 4.69) is 5.32 Å². The van der Waals surface area contributed by atoms with Gasteiger partial charge in [-0.15, -0.1) is 0 Å². The molecular formula is C16H23NO3. The second kappa shape index (κ2) is 9.15. The number of amides is 1. The Labute approximate surface area is 120 Å². The fourth-order valence-corrected chi connectivity index (χ4v) is 1.70. The topological polar surface area (TPSA) is 58.6 Å². The predicted molar refractivity (Wildman–Crippen MR) is 80.6 cm³/mol. The number of aliphatic hydroxyl groups excluding tert-OH is 1. The van der Waals surface area contributed by atoms with Gasteiger partial charge in [0.2, 0.25) is 5.91 Å². The van der Waals surface area contributed by atoms with Crippen molar-refractivity contribution < 1.29 is 14.6 Å².